The van der Waals surface area contributed by atoms with Crippen molar-refractivity contribution in [2.75, 3.05) is 31.2 Å². The van der Waals surface area contributed by atoms with Crippen LogP contribution in [0, 0.1) is 0 Å². The number of carbonyl (C=O) groups excluding carboxylic acids is 2. The van der Waals surface area contributed by atoms with Gasteiger partial charge in [0.05, 0.1) is 24.9 Å². The minimum Gasteiger partial charge on any atom is -0.462 e. The van der Waals surface area contributed by atoms with Crippen molar-refractivity contribution in [1.82, 2.24) is 14.9 Å². The Bertz CT molecular complexity index is 2480. The number of amides is 1. The van der Waals surface area contributed by atoms with E-state index >= 15 is 0 Å². The number of aromatic amines is 1. The van der Waals surface area contributed by atoms with E-state index in [2.05, 4.69) is 49.1 Å². The summed E-state index contributed by atoms with van der Waals surface area (Å²) < 4.78 is 63.2. The number of phosphoric ester groups is 1. The van der Waals surface area contributed by atoms with Crippen LogP contribution >= 0.6 is 23.5 Å². The summed E-state index contributed by atoms with van der Waals surface area (Å²) in [4.78, 5) is 103. The topological polar surface area (TPSA) is 333 Å². The number of anilines is 1. The fourth-order valence-corrected chi connectivity index (χ4v) is 10.1. The molecule has 23 nitrogen and oxygen atoms in total. The third-order valence-corrected chi connectivity index (χ3v) is 13.4. The number of nitrogens with zero attached hydrogens (tertiary/aromatic N) is 2. The molecule has 7 N–H and O–H groups in total. The summed E-state index contributed by atoms with van der Waals surface area (Å²) >= 11 is 0. The van der Waals surface area contributed by atoms with Crippen molar-refractivity contribution >= 4 is 58.1 Å². The van der Waals surface area contributed by atoms with Crippen LogP contribution in [0.5, 0.6) is 0 Å². The number of H-pyrrole nitrogens is 1. The third kappa shape index (κ3) is 11.8. The van der Waals surface area contributed by atoms with E-state index in [0.717, 1.165) is 28.4 Å². The molecule has 0 aliphatic carbocycles. The number of hydrogen-bond acceptors (Lipinski definition) is 16. The van der Waals surface area contributed by atoms with Gasteiger partial charge >= 0.3 is 40.8 Å². The number of fused-ring (bicyclic) bond motifs is 2. The fraction of sp³-hybridized carbons (Fsp3) is 0.500. The van der Waals surface area contributed by atoms with Crippen molar-refractivity contribution in [2.24, 2.45) is 0 Å². The summed E-state index contributed by atoms with van der Waals surface area (Å²) in [7, 11) is -16.9. The van der Waals surface area contributed by atoms with E-state index in [4.69, 9.17) is 23.7 Å². The highest BCUT2D eigenvalue weighted by atomic mass is 31.3. The van der Waals surface area contributed by atoms with Gasteiger partial charge in [0, 0.05) is 54.8 Å². The zero-order chi connectivity index (χ0) is 44.4. The predicted octanol–water partition coefficient (Wildman–Crippen LogP) is 2.51. The van der Waals surface area contributed by atoms with Gasteiger partial charge in [-0.2, -0.15) is 8.62 Å². The zero-order valence-electron chi connectivity index (χ0n) is 32.6. The first kappa shape index (κ1) is 47.0. The second kappa shape index (κ2) is 18.5. The van der Waals surface area contributed by atoms with Gasteiger partial charge in [-0.1, -0.05) is 19.1 Å². The van der Waals surface area contributed by atoms with Crippen LogP contribution < -0.4 is 27.1 Å². The van der Waals surface area contributed by atoms with Crippen LogP contribution in [0.3, 0.4) is 0 Å². The van der Waals surface area contributed by atoms with Gasteiger partial charge in [0.15, 0.2) is 0 Å². The number of aromatic nitrogens is 2. The van der Waals surface area contributed by atoms with E-state index in [1.54, 1.807) is 13.0 Å². The maximum absolute atomic E-state index is 12.8. The van der Waals surface area contributed by atoms with Crippen molar-refractivity contribution in [1.29, 1.82) is 0 Å². The van der Waals surface area contributed by atoms with Crippen molar-refractivity contribution in [3.8, 4) is 0 Å². The lowest BCUT2D eigenvalue weighted by atomic mass is 9.79. The normalized spacial score (nSPS) is 22.3. The number of benzene rings is 1. The number of esters is 1. The van der Waals surface area contributed by atoms with E-state index in [9.17, 15) is 52.6 Å². The van der Waals surface area contributed by atoms with Gasteiger partial charge in [0.2, 0.25) is 5.91 Å². The number of phosphoric acid groups is 3. The highest BCUT2D eigenvalue weighted by Gasteiger charge is 2.43. The molecule has 2 aliphatic heterocycles. The molecule has 2 aromatic heterocycles. The summed E-state index contributed by atoms with van der Waals surface area (Å²) in [6.07, 6.45) is 0.904. The van der Waals surface area contributed by atoms with Crippen LogP contribution in [-0.4, -0.2) is 90.2 Å². The second-order valence-electron chi connectivity index (χ2n) is 14.6. The lowest BCUT2D eigenvalue weighted by molar-refractivity contribution is -0.120. The molecule has 0 saturated carbocycles. The summed E-state index contributed by atoms with van der Waals surface area (Å²) in [6.45, 7) is 7.54. The van der Waals surface area contributed by atoms with Crippen molar-refractivity contribution in [2.45, 2.75) is 83.3 Å². The van der Waals surface area contributed by atoms with Gasteiger partial charge in [0.25, 0.3) is 5.56 Å². The Morgan fingerprint density at radius 3 is 2.47 bits per heavy atom. The van der Waals surface area contributed by atoms with Crippen LogP contribution in [0.2, 0.25) is 0 Å². The first-order valence-corrected chi connectivity index (χ1v) is 22.9. The summed E-state index contributed by atoms with van der Waals surface area (Å²) in [5.41, 5.74) is -0.904. The van der Waals surface area contributed by atoms with E-state index in [0.29, 0.717) is 23.9 Å². The number of aliphatic hydroxyl groups is 1. The Morgan fingerprint density at radius 1 is 1.07 bits per heavy atom. The average molecular weight is 907 g/mol. The second-order valence-corrected chi connectivity index (χ2v) is 19.0. The number of rotatable bonds is 17. The minimum atomic E-state index is -5.78. The monoisotopic (exact) mass is 906 g/mol. The van der Waals surface area contributed by atoms with Crippen LogP contribution in [-0.2, 0) is 41.1 Å². The molecule has 60 heavy (non-hydrogen) atoms. The van der Waals surface area contributed by atoms with Crippen molar-refractivity contribution < 1.29 is 75.0 Å². The summed E-state index contributed by atoms with van der Waals surface area (Å²) in [6, 6.07) is 5.17. The molecule has 0 radical (unpaired) electrons. The quantitative estimate of drug-likeness (QED) is 0.0581. The van der Waals surface area contributed by atoms with Gasteiger partial charge in [0.1, 0.15) is 23.5 Å². The van der Waals surface area contributed by atoms with Crippen LogP contribution in [0.15, 0.2) is 49.3 Å². The molecule has 6 atom stereocenters. The molecule has 1 amide bonds. The molecule has 2 unspecified atom stereocenters. The summed E-state index contributed by atoms with van der Waals surface area (Å²) in [5.74, 6) is -0.903. The number of aliphatic hydroxyl groups excluding tert-OH is 1. The SMILES string of the molecule is CCOC(=O)c1cc2cc3c(cc2oc1=O)N(CCCC(=O)NC/C=C/c1cn([C@H]2C[C@@H](O)[C@@H](COP(=O)(O)OP(=O)(O)OP(=O)(O)O)O2)c(=O)[nH]c1=O)C(C)(C)C[C@H]3C. The van der Waals surface area contributed by atoms with Crippen LogP contribution in [0.1, 0.15) is 87.0 Å². The third-order valence-electron chi connectivity index (χ3n) is 9.56. The van der Waals surface area contributed by atoms with Crippen LogP contribution in [0.4, 0.5) is 5.69 Å². The minimum absolute atomic E-state index is 0.00702. The van der Waals surface area contributed by atoms with Gasteiger partial charge in [-0.05, 0) is 57.2 Å². The molecular formula is C34H45N4O19P3. The number of carbonyl (C=O) groups is 2. The first-order valence-electron chi connectivity index (χ1n) is 18.4. The molecule has 26 heteroatoms. The van der Waals surface area contributed by atoms with Crippen LogP contribution in [0.25, 0.3) is 17.0 Å². The Labute approximate surface area is 340 Å². The fourth-order valence-electron chi connectivity index (χ4n) is 7.06. The zero-order valence-corrected chi connectivity index (χ0v) is 35.3. The maximum Gasteiger partial charge on any atom is 0.490 e. The van der Waals surface area contributed by atoms with Crippen molar-refractivity contribution in [3.63, 3.8) is 0 Å². The molecule has 1 aromatic carbocycles. The maximum atomic E-state index is 12.8. The largest absolute Gasteiger partial charge is 0.490 e. The molecular weight excluding hydrogens is 861 g/mol. The Hall–Kier alpha value is -4.08. The summed E-state index contributed by atoms with van der Waals surface area (Å²) in [5, 5.41) is 13.7. The van der Waals surface area contributed by atoms with Crippen molar-refractivity contribution in [3.05, 3.63) is 78.4 Å². The Balaban J connectivity index is 1.16. The highest BCUT2D eigenvalue weighted by molar-refractivity contribution is 7.66. The molecule has 1 saturated heterocycles. The van der Waals surface area contributed by atoms with E-state index in [-0.39, 0.29) is 54.5 Å². The molecule has 5 rings (SSSR count). The predicted molar refractivity (Wildman–Crippen MR) is 210 cm³/mol. The average Bonchev–Trinajstić information content (AvgIpc) is 3.48. The molecule has 0 bridgehead atoms. The lowest BCUT2D eigenvalue weighted by Crippen LogP contribution is -2.49. The smallest absolute Gasteiger partial charge is 0.462 e. The Morgan fingerprint density at radius 2 is 1.78 bits per heavy atom. The van der Waals surface area contributed by atoms with E-state index in [1.807, 2.05) is 6.07 Å². The number of nitrogens with one attached hydrogen (secondary N) is 2. The van der Waals surface area contributed by atoms with Gasteiger partial charge in [-0.3, -0.25) is 23.7 Å². The molecule has 2 aliphatic rings. The molecule has 3 aromatic rings. The van der Waals surface area contributed by atoms with Gasteiger partial charge in [-0.25, -0.2) is 28.1 Å². The Kier molecular flexibility index (Phi) is 14.5. The standard InChI is InChI=1S/C34H45N4O19P3/c1-5-52-31(42)23-13-21-12-22-19(2)16-34(3,4)38(24(22)14-26(21)55-32(23)43)11-7-9-28(40)35-10-6-8-20-17-37(33(44)36-30(20)41)29-15-25(39)27(54-29)18-53-59(48,49)57-60(50,51)56-58(45,46)47/h6,8,12-14,17,19,25,27,29,39H,5,7,9-11,15-16,18H2,1-4H3,(H,35,40)(H,48,49)(H,50,51)(H,36,41,44)(H2,45,46,47)/b8-6+/t19-,25-,27-,29-/m1/s1. The molecule has 1 fully saturated rings. The molecule has 330 valence electrons. The number of ether oxygens (including phenoxy) is 2. The molecule has 4 heterocycles. The van der Waals surface area contributed by atoms with E-state index in [1.165, 1.54) is 18.2 Å². The van der Waals surface area contributed by atoms with Gasteiger partial charge in [-0.15, -0.1) is 0 Å². The first-order chi connectivity index (χ1) is 27.9. The number of hydrogen-bond donors (Lipinski definition) is 7. The molecule has 0 spiro atoms. The highest BCUT2D eigenvalue weighted by Crippen LogP contribution is 2.66. The lowest BCUT2D eigenvalue weighted by Gasteiger charge is -2.47. The van der Waals surface area contributed by atoms with E-state index < -0.39 is 71.4 Å². The van der Waals surface area contributed by atoms with Gasteiger partial charge < -0.3 is 48.8 Å².